The minimum Gasteiger partial charge on any atom is -0.212 e. The Morgan fingerprint density at radius 1 is 1.42 bits per heavy atom. The minimum absolute atomic E-state index is 0.0674. The van der Waals surface area contributed by atoms with Gasteiger partial charge in [-0.15, -0.1) is 0 Å². The lowest BCUT2D eigenvalue weighted by atomic mass is 10.1. The maximum absolute atomic E-state index is 12.8. The maximum Gasteiger partial charge on any atom is 0.0966 e. The first-order valence-electron chi connectivity index (χ1n) is 4.85. The number of unbranched alkanes of at least 4 members (excludes halogenated alkanes) is 1. The summed E-state index contributed by atoms with van der Waals surface area (Å²) in [6.45, 7) is 2.19. The molecule has 0 nitrogen and oxygen atoms in total. The molecule has 12 heavy (non-hydrogen) atoms. The van der Waals surface area contributed by atoms with Gasteiger partial charge in [0.2, 0.25) is 0 Å². The molecule has 1 rings (SSSR count). The first kappa shape index (κ1) is 9.50. The van der Waals surface area contributed by atoms with Gasteiger partial charge >= 0.3 is 0 Å². The molecule has 0 fully saturated rings. The normalized spacial score (nSPS) is 18.2. The molecule has 0 radical (unpaired) electrons. The first-order chi connectivity index (χ1) is 5.83. The van der Waals surface area contributed by atoms with E-state index in [9.17, 15) is 4.39 Å². The van der Waals surface area contributed by atoms with Crippen molar-refractivity contribution in [2.75, 3.05) is 0 Å². The summed E-state index contributed by atoms with van der Waals surface area (Å²) in [6, 6.07) is 0. The van der Waals surface area contributed by atoms with Crippen LogP contribution in [0.25, 0.3) is 0 Å². The standard InChI is InChI=1S/C11H17F/c1-2-3-5-10-6-4-7-11(12)9-8-10/h6,9H,2-5,7-8H2,1H3. The van der Waals surface area contributed by atoms with E-state index in [-0.39, 0.29) is 5.83 Å². The van der Waals surface area contributed by atoms with Gasteiger partial charge in [-0.05, 0) is 31.8 Å². The second kappa shape index (κ2) is 5.13. The highest BCUT2D eigenvalue weighted by atomic mass is 19.1. The van der Waals surface area contributed by atoms with Crippen LogP contribution in [0.3, 0.4) is 0 Å². The van der Waals surface area contributed by atoms with Gasteiger partial charge in [0.15, 0.2) is 0 Å². The van der Waals surface area contributed by atoms with Gasteiger partial charge in [-0.25, -0.2) is 4.39 Å². The van der Waals surface area contributed by atoms with E-state index in [1.165, 1.54) is 18.4 Å². The Balaban J connectivity index is 2.38. The Morgan fingerprint density at radius 2 is 2.25 bits per heavy atom. The number of hydrogen-bond acceptors (Lipinski definition) is 0. The molecule has 0 aromatic carbocycles. The van der Waals surface area contributed by atoms with Crippen molar-refractivity contribution in [3.63, 3.8) is 0 Å². The summed E-state index contributed by atoms with van der Waals surface area (Å²) in [4.78, 5) is 0. The summed E-state index contributed by atoms with van der Waals surface area (Å²) in [7, 11) is 0. The quantitative estimate of drug-likeness (QED) is 0.555. The lowest BCUT2D eigenvalue weighted by molar-refractivity contribution is 0.591. The van der Waals surface area contributed by atoms with Crippen molar-refractivity contribution >= 4 is 0 Å². The summed E-state index contributed by atoms with van der Waals surface area (Å²) >= 11 is 0. The molecular weight excluding hydrogens is 151 g/mol. The molecule has 68 valence electrons. The van der Waals surface area contributed by atoms with Crippen LogP contribution >= 0.6 is 0 Å². The predicted molar refractivity (Wildman–Crippen MR) is 50.7 cm³/mol. The van der Waals surface area contributed by atoms with Crippen LogP contribution in [0.2, 0.25) is 0 Å². The average molecular weight is 168 g/mol. The highest BCUT2D eigenvalue weighted by Gasteiger charge is 2.02. The van der Waals surface area contributed by atoms with Gasteiger partial charge in [-0.3, -0.25) is 0 Å². The van der Waals surface area contributed by atoms with Crippen LogP contribution in [0.15, 0.2) is 23.6 Å². The highest BCUT2D eigenvalue weighted by molar-refractivity contribution is 5.13. The third kappa shape index (κ3) is 3.21. The van der Waals surface area contributed by atoms with E-state index in [1.54, 1.807) is 6.08 Å². The maximum atomic E-state index is 12.8. The monoisotopic (exact) mass is 168 g/mol. The Labute approximate surface area is 74.2 Å². The lowest BCUT2D eigenvalue weighted by Crippen LogP contribution is -1.81. The van der Waals surface area contributed by atoms with Crippen molar-refractivity contribution in [2.24, 2.45) is 0 Å². The Kier molecular flexibility index (Phi) is 4.06. The third-order valence-electron chi connectivity index (χ3n) is 2.25. The van der Waals surface area contributed by atoms with Crippen molar-refractivity contribution in [1.29, 1.82) is 0 Å². The van der Waals surface area contributed by atoms with Crippen LogP contribution in [0.5, 0.6) is 0 Å². The SMILES string of the molecule is CCCCC1=CCCC(F)=CC1. The van der Waals surface area contributed by atoms with Crippen LogP contribution in [0.1, 0.15) is 45.4 Å². The molecular formula is C11H17F. The van der Waals surface area contributed by atoms with Crippen LogP contribution in [0.4, 0.5) is 4.39 Å². The van der Waals surface area contributed by atoms with Crippen LogP contribution in [-0.2, 0) is 0 Å². The van der Waals surface area contributed by atoms with E-state index < -0.39 is 0 Å². The van der Waals surface area contributed by atoms with E-state index >= 15 is 0 Å². The van der Waals surface area contributed by atoms with Crippen LogP contribution < -0.4 is 0 Å². The van der Waals surface area contributed by atoms with Crippen molar-refractivity contribution < 1.29 is 4.39 Å². The third-order valence-corrected chi connectivity index (χ3v) is 2.25. The topological polar surface area (TPSA) is 0 Å². The molecule has 0 saturated carbocycles. The zero-order valence-electron chi connectivity index (χ0n) is 7.78. The van der Waals surface area contributed by atoms with E-state index in [1.807, 2.05) is 0 Å². The summed E-state index contributed by atoms with van der Waals surface area (Å²) < 4.78 is 12.8. The Bertz CT molecular complexity index is 189. The summed E-state index contributed by atoms with van der Waals surface area (Å²) in [5, 5.41) is 0. The van der Waals surface area contributed by atoms with Crippen molar-refractivity contribution in [1.82, 2.24) is 0 Å². The fourth-order valence-corrected chi connectivity index (χ4v) is 1.45. The van der Waals surface area contributed by atoms with Crippen molar-refractivity contribution in [2.45, 2.75) is 45.4 Å². The average Bonchev–Trinajstić information content (AvgIpc) is 2.27. The number of allylic oxidation sites excluding steroid dienone is 4. The molecule has 0 heterocycles. The summed E-state index contributed by atoms with van der Waals surface area (Å²) in [5.41, 5.74) is 1.42. The highest BCUT2D eigenvalue weighted by Crippen LogP contribution is 2.21. The molecule has 0 saturated heterocycles. The van der Waals surface area contributed by atoms with E-state index in [4.69, 9.17) is 0 Å². The summed E-state index contributed by atoms with van der Waals surface area (Å²) in [5.74, 6) is 0.0674. The molecule has 0 amide bonds. The second-order valence-corrected chi connectivity index (χ2v) is 3.36. The largest absolute Gasteiger partial charge is 0.212 e. The molecule has 0 unspecified atom stereocenters. The minimum atomic E-state index is 0.0674. The van der Waals surface area contributed by atoms with E-state index in [2.05, 4.69) is 13.0 Å². The van der Waals surface area contributed by atoms with E-state index in [0.717, 1.165) is 19.3 Å². The van der Waals surface area contributed by atoms with Crippen LogP contribution in [0, 0.1) is 0 Å². The van der Waals surface area contributed by atoms with Crippen LogP contribution in [-0.4, -0.2) is 0 Å². The summed E-state index contributed by atoms with van der Waals surface area (Å²) in [6.07, 6.45) is 9.89. The molecule has 0 atom stereocenters. The van der Waals surface area contributed by atoms with Gasteiger partial charge in [-0.2, -0.15) is 0 Å². The van der Waals surface area contributed by atoms with E-state index in [0.29, 0.717) is 6.42 Å². The van der Waals surface area contributed by atoms with Gasteiger partial charge in [0.25, 0.3) is 0 Å². The molecule has 0 N–H and O–H groups in total. The molecule has 0 aliphatic heterocycles. The second-order valence-electron chi connectivity index (χ2n) is 3.36. The number of rotatable bonds is 3. The molecule has 1 aliphatic rings. The molecule has 0 bridgehead atoms. The fraction of sp³-hybridized carbons (Fsp3) is 0.636. The van der Waals surface area contributed by atoms with Gasteiger partial charge in [-0.1, -0.05) is 25.0 Å². The molecule has 1 aliphatic carbocycles. The van der Waals surface area contributed by atoms with Gasteiger partial charge in [0.05, 0.1) is 5.83 Å². The molecule has 0 aromatic heterocycles. The zero-order chi connectivity index (χ0) is 8.81. The number of hydrogen-bond donors (Lipinski definition) is 0. The Morgan fingerprint density at radius 3 is 3.00 bits per heavy atom. The zero-order valence-corrected chi connectivity index (χ0v) is 7.78. The van der Waals surface area contributed by atoms with Crippen molar-refractivity contribution in [3.8, 4) is 0 Å². The van der Waals surface area contributed by atoms with Gasteiger partial charge in [0.1, 0.15) is 0 Å². The lowest BCUT2D eigenvalue weighted by Gasteiger charge is -2.00. The Hall–Kier alpha value is -0.590. The fourth-order valence-electron chi connectivity index (χ4n) is 1.45. The number of halogens is 1. The first-order valence-corrected chi connectivity index (χ1v) is 4.85. The van der Waals surface area contributed by atoms with Crippen molar-refractivity contribution in [3.05, 3.63) is 23.6 Å². The predicted octanol–water partition coefficient (Wildman–Crippen LogP) is 4.14. The van der Waals surface area contributed by atoms with Gasteiger partial charge < -0.3 is 0 Å². The smallest absolute Gasteiger partial charge is 0.0966 e. The molecule has 0 spiro atoms. The molecule has 1 heteroatoms. The molecule has 0 aromatic rings. The van der Waals surface area contributed by atoms with Gasteiger partial charge in [0, 0.05) is 6.42 Å².